The number of hydrogen-bond donors (Lipinski definition) is 1. The first-order chi connectivity index (χ1) is 8.13. The van der Waals surface area contributed by atoms with Gasteiger partial charge in [-0.25, -0.2) is 0 Å². The molecule has 1 unspecified atom stereocenters. The summed E-state index contributed by atoms with van der Waals surface area (Å²) in [5, 5.41) is 3.54. The summed E-state index contributed by atoms with van der Waals surface area (Å²) in [6.45, 7) is 11.4. The molecular formula is C15H24N2. The highest BCUT2D eigenvalue weighted by Crippen LogP contribution is 2.29. The maximum Gasteiger partial charge on any atom is 0.0557 e. The van der Waals surface area contributed by atoms with Crippen molar-refractivity contribution in [2.24, 2.45) is 5.92 Å². The Hall–Kier alpha value is -0.860. The number of hydrogen-bond acceptors (Lipinski definition) is 2. The van der Waals surface area contributed by atoms with Gasteiger partial charge in [0.2, 0.25) is 0 Å². The Bertz CT molecular complexity index is 347. The van der Waals surface area contributed by atoms with E-state index in [4.69, 9.17) is 0 Å². The molecule has 0 aliphatic carbocycles. The van der Waals surface area contributed by atoms with Gasteiger partial charge in [0, 0.05) is 26.2 Å². The summed E-state index contributed by atoms with van der Waals surface area (Å²) >= 11 is 0. The SMILES string of the molecule is CC(C)CN1CCNCC1(C)c1ccccc1. The topological polar surface area (TPSA) is 15.3 Å². The number of piperazine rings is 1. The maximum absolute atomic E-state index is 3.54. The largest absolute Gasteiger partial charge is 0.313 e. The van der Waals surface area contributed by atoms with E-state index in [2.05, 4.69) is 61.3 Å². The quantitative estimate of drug-likeness (QED) is 0.861. The molecule has 1 aromatic rings. The van der Waals surface area contributed by atoms with Crippen LogP contribution in [0.4, 0.5) is 0 Å². The van der Waals surface area contributed by atoms with Gasteiger partial charge in [-0.05, 0) is 18.4 Å². The van der Waals surface area contributed by atoms with Gasteiger partial charge in [-0.15, -0.1) is 0 Å². The lowest BCUT2D eigenvalue weighted by atomic mass is 9.87. The Morgan fingerprint density at radius 1 is 1.29 bits per heavy atom. The molecule has 1 aromatic carbocycles. The van der Waals surface area contributed by atoms with Crippen LogP contribution in [-0.4, -0.2) is 31.1 Å². The molecule has 17 heavy (non-hydrogen) atoms. The summed E-state index contributed by atoms with van der Waals surface area (Å²) in [4.78, 5) is 2.63. The third-order valence-electron chi connectivity index (χ3n) is 3.71. The van der Waals surface area contributed by atoms with Crippen molar-refractivity contribution in [3.05, 3.63) is 35.9 Å². The van der Waals surface area contributed by atoms with Crippen molar-refractivity contribution in [2.45, 2.75) is 26.3 Å². The fourth-order valence-corrected chi connectivity index (χ4v) is 2.72. The first-order valence-electron chi connectivity index (χ1n) is 6.64. The van der Waals surface area contributed by atoms with Crippen LogP contribution in [0.1, 0.15) is 26.3 Å². The second-order valence-corrected chi connectivity index (χ2v) is 5.66. The molecule has 0 amide bonds. The van der Waals surface area contributed by atoms with Crippen molar-refractivity contribution in [3.63, 3.8) is 0 Å². The minimum absolute atomic E-state index is 0.143. The van der Waals surface area contributed by atoms with E-state index >= 15 is 0 Å². The fraction of sp³-hybridized carbons (Fsp3) is 0.600. The van der Waals surface area contributed by atoms with Gasteiger partial charge in [-0.3, -0.25) is 4.90 Å². The molecule has 1 atom stereocenters. The van der Waals surface area contributed by atoms with Crippen LogP contribution >= 0.6 is 0 Å². The van der Waals surface area contributed by atoms with E-state index in [9.17, 15) is 0 Å². The second kappa shape index (κ2) is 5.19. The molecule has 2 rings (SSSR count). The van der Waals surface area contributed by atoms with Gasteiger partial charge in [0.05, 0.1) is 5.54 Å². The van der Waals surface area contributed by atoms with Gasteiger partial charge < -0.3 is 5.32 Å². The monoisotopic (exact) mass is 232 g/mol. The van der Waals surface area contributed by atoms with Crippen molar-refractivity contribution < 1.29 is 0 Å². The van der Waals surface area contributed by atoms with E-state index in [1.165, 1.54) is 12.1 Å². The molecule has 0 radical (unpaired) electrons. The number of nitrogens with zero attached hydrogens (tertiary/aromatic N) is 1. The fourth-order valence-electron chi connectivity index (χ4n) is 2.72. The van der Waals surface area contributed by atoms with Crippen molar-refractivity contribution in [2.75, 3.05) is 26.2 Å². The zero-order valence-electron chi connectivity index (χ0n) is 11.2. The van der Waals surface area contributed by atoms with Gasteiger partial charge in [0.1, 0.15) is 0 Å². The molecule has 1 aliphatic rings. The van der Waals surface area contributed by atoms with Crippen LogP contribution in [0.3, 0.4) is 0 Å². The molecule has 1 saturated heterocycles. The molecule has 1 fully saturated rings. The highest BCUT2D eigenvalue weighted by molar-refractivity contribution is 5.25. The number of benzene rings is 1. The second-order valence-electron chi connectivity index (χ2n) is 5.66. The third-order valence-corrected chi connectivity index (χ3v) is 3.71. The number of nitrogens with one attached hydrogen (secondary N) is 1. The Labute approximate surface area is 105 Å². The van der Waals surface area contributed by atoms with Gasteiger partial charge in [0.25, 0.3) is 0 Å². The van der Waals surface area contributed by atoms with Crippen molar-refractivity contribution in [3.8, 4) is 0 Å². The molecular weight excluding hydrogens is 208 g/mol. The summed E-state index contributed by atoms with van der Waals surface area (Å²) in [7, 11) is 0. The Morgan fingerprint density at radius 3 is 2.65 bits per heavy atom. The van der Waals surface area contributed by atoms with E-state index in [1.807, 2.05) is 0 Å². The zero-order chi connectivity index (χ0) is 12.3. The number of rotatable bonds is 3. The molecule has 1 aliphatic heterocycles. The van der Waals surface area contributed by atoms with E-state index in [1.54, 1.807) is 0 Å². The normalized spacial score (nSPS) is 26.4. The van der Waals surface area contributed by atoms with Crippen LogP contribution in [0.25, 0.3) is 0 Å². The molecule has 0 aromatic heterocycles. The van der Waals surface area contributed by atoms with E-state index in [-0.39, 0.29) is 5.54 Å². The highest BCUT2D eigenvalue weighted by atomic mass is 15.3. The first-order valence-corrected chi connectivity index (χ1v) is 6.64. The van der Waals surface area contributed by atoms with Crippen LogP contribution < -0.4 is 5.32 Å². The van der Waals surface area contributed by atoms with Crippen LogP contribution in [0, 0.1) is 5.92 Å². The van der Waals surface area contributed by atoms with Crippen molar-refractivity contribution in [1.29, 1.82) is 0 Å². The van der Waals surface area contributed by atoms with Crippen molar-refractivity contribution >= 4 is 0 Å². The van der Waals surface area contributed by atoms with Gasteiger partial charge in [-0.2, -0.15) is 0 Å². The smallest absolute Gasteiger partial charge is 0.0557 e. The predicted octanol–water partition coefficient (Wildman–Crippen LogP) is 2.46. The molecule has 0 bridgehead atoms. The minimum Gasteiger partial charge on any atom is -0.313 e. The maximum atomic E-state index is 3.54. The minimum atomic E-state index is 0.143. The van der Waals surface area contributed by atoms with Crippen LogP contribution in [0.15, 0.2) is 30.3 Å². The van der Waals surface area contributed by atoms with Gasteiger partial charge >= 0.3 is 0 Å². The Balaban J connectivity index is 2.25. The standard InChI is InChI=1S/C15H24N2/c1-13(2)11-17-10-9-16-12-15(17,3)14-7-5-4-6-8-14/h4-8,13,16H,9-12H2,1-3H3. The van der Waals surface area contributed by atoms with Crippen LogP contribution in [0.5, 0.6) is 0 Å². The summed E-state index contributed by atoms with van der Waals surface area (Å²) < 4.78 is 0. The molecule has 2 nitrogen and oxygen atoms in total. The molecule has 0 spiro atoms. The molecule has 1 N–H and O–H groups in total. The van der Waals surface area contributed by atoms with E-state index in [0.717, 1.165) is 25.6 Å². The molecule has 0 saturated carbocycles. The third kappa shape index (κ3) is 2.70. The lowest BCUT2D eigenvalue weighted by Gasteiger charge is -2.46. The van der Waals surface area contributed by atoms with E-state index in [0.29, 0.717) is 0 Å². The van der Waals surface area contributed by atoms with Crippen LogP contribution in [-0.2, 0) is 5.54 Å². The average Bonchev–Trinajstić information content (AvgIpc) is 2.33. The summed E-state index contributed by atoms with van der Waals surface area (Å²) in [6.07, 6.45) is 0. The van der Waals surface area contributed by atoms with E-state index < -0.39 is 0 Å². The first kappa shape index (κ1) is 12.6. The Kier molecular flexibility index (Phi) is 3.85. The molecule has 2 heteroatoms. The predicted molar refractivity (Wildman–Crippen MR) is 73.1 cm³/mol. The highest BCUT2D eigenvalue weighted by Gasteiger charge is 2.35. The van der Waals surface area contributed by atoms with Gasteiger partial charge in [-0.1, -0.05) is 44.2 Å². The lowest BCUT2D eigenvalue weighted by molar-refractivity contribution is 0.0611. The molecule has 1 heterocycles. The van der Waals surface area contributed by atoms with Gasteiger partial charge in [0.15, 0.2) is 0 Å². The van der Waals surface area contributed by atoms with Crippen molar-refractivity contribution in [1.82, 2.24) is 10.2 Å². The molecule has 94 valence electrons. The van der Waals surface area contributed by atoms with Crippen LogP contribution in [0.2, 0.25) is 0 Å². The average molecular weight is 232 g/mol. The lowest BCUT2D eigenvalue weighted by Crippen LogP contribution is -2.58. The summed E-state index contributed by atoms with van der Waals surface area (Å²) in [6, 6.07) is 10.9. The summed E-state index contributed by atoms with van der Waals surface area (Å²) in [5.74, 6) is 0.719. The zero-order valence-corrected chi connectivity index (χ0v) is 11.2. The summed E-state index contributed by atoms with van der Waals surface area (Å²) in [5.41, 5.74) is 1.57. The Morgan fingerprint density at radius 2 is 2.00 bits per heavy atom.